The maximum atomic E-state index is 8.62. The minimum atomic E-state index is 0.616. The summed E-state index contributed by atoms with van der Waals surface area (Å²) in [4.78, 5) is 3.86. The Labute approximate surface area is 67.6 Å². The largest absolute Gasteiger partial charge is 0.268 e. The highest BCUT2D eigenvalue weighted by atomic mass is 14.7. The summed E-state index contributed by atoms with van der Waals surface area (Å²) in [5.74, 6) is 0. The third kappa shape index (κ3) is 3.36. The Morgan fingerprint density at radius 3 is 2.45 bits per heavy atom. The first-order valence-electron chi connectivity index (χ1n) is 3.47. The monoisotopic (exact) mass is 148 g/mol. The lowest BCUT2D eigenvalue weighted by molar-refractivity contribution is 1.35. The van der Waals surface area contributed by atoms with Crippen molar-refractivity contribution in [3.05, 3.63) is 23.4 Å². The highest BCUT2D eigenvalue weighted by molar-refractivity contribution is 5.55. The molecule has 0 saturated carbocycles. The molecule has 0 bridgehead atoms. The molecule has 2 nitrogen and oxygen atoms in total. The molecule has 58 valence electrons. The number of aliphatic imine (C=N–C) groups is 1. The van der Waals surface area contributed by atoms with Crippen molar-refractivity contribution in [1.29, 1.82) is 5.26 Å². The van der Waals surface area contributed by atoms with Gasteiger partial charge in [0.2, 0.25) is 0 Å². The molecule has 0 amide bonds. The van der Waals surface area contributed by atoms with Crippen LogP contribution in [-0.4, -0.2) is 6.21 Å². The minimum Gasteiger partial charge on any atom is -0.268 e. The fourth-order valence-electron chi connectivity index (χ4n) is 0.523. The first-order valence-corrected chi connectivity index (χ1v) is 3.47. The molecule has 2 heteroatoms. The molecule has 0 heterocycles. The summed E-state index contributed by atoms with van der Waals surface area (Å²) in [5, 5.41) is 8.62. The van der Waals surface area contributed by atoms with Crippen molar-refractivity contribution >= 4 is 6.21 Å². The first kappa shape index (κ1) is 9.64. The average Bonchev–Trinajstić information content (AvgIpc) is 2.05. The van der Waals surface area contributed by atoms with Crippen LogP contribution in [0.15, 0.2) is 28.4 Å². The van der Waals surface area contributed by atoms with Gasteiger partial charge in [-0.2, -0.15) is 5.26 Å². The van der Waals surface area contributed by atoms with Crippen LogP contribution >= 0.6 is 0 Å². The smallest absolute Gasteiger partial charge is 0.101 e. The van der Waals surface area contributed by atoms with Crippen LogP contribution in [0.4, 0.5) is 0 Å². The predicted molar refractivity (Wildman–Crippen MR) is 47.3 cm³/mol. The average molecular weight is 148 g/mol. The van der Waals surface area contributed by atoms with Crippen LogP contribution in [-0.2, 0) is 0 Å². The summed E-state index contributed by atoms with van der Waals surface area (Å²) in [6.45, 7) is 5.60. The fraction of sp³-hybridized carbons (Fsp3) is 0.333. The lowest BCUT2D eigenvalue weighted by Crippen LogP contribution is -1.79. The van der Waals surface area contributed by atoms with Gasteiger partial charge in [-0.1, -0.05) is 6.08 Å². The third-order valence-corrected chi connectivity index (χ3v) is 1.33. The number of nitriles is 1. The van der Waals surface area contributed by atoms with Gasteiger partial charge in [0, 0.05) is 12.4 Å². The third-order valence-electron chi connectivity index (χ3n) is 1.33. The molecular weight excluding hydrogens is 136 g/mol. The van der Waals surface area contributed by atoms with Gasteiger partial charge in [0.1, 0.15) is 6.07 Å². The first-order chi connectivity index (χ1) is 5.26. The summed E-state index contributed by atoms with van der Waals surface area (Å²) in [5.41, 5.74) is 1.57. The van der Waals surface area contributed by atoms with Crippen molar-refractivity contribution in [2.75, 3.05) is 0 Å². The molecule has 0 radical (unpaired) electrons. The van der Waals surface area contributed by atoms with Crippen LogP contribution < -0.4 is 0 Å². The predicted octanol–water partition coefficient (Wildman–Crippen LogP) is 2.45. The van der Waals surface area contributed by atoms with E-state index in [2.05, 4.69) is 11.1 Å². The van der Waals surface area contributed by atoms with Crippen molar-refractivity contribution < 1.29 is 0 Å². The van der Waals surface area contributed by atoms with Crippen LogP contribution in [0, 0.1) is 11.3 Å². The zero-order chi connectivity index (χ0) is 8.69. The number of hydrogen-bond donors (Lipinski definition) is 0. The van der Waals surface area contributed by atoms with Crippen LogP contribution in [0.3, 0.4) is 0 Å². The second-order valence-electron chi connectivity index (χ2n) is 2.03. The number of hydrogen-bond acceptors (Lipinski definition) is 2. The van der Waals surface area contributed by atoms with E-state index >= 15 is 0 Å². The summed E-state index contributed by atoms with van der Waals surface area (Å²) in [6.07, 6.45) is 5.11. The molecule has 0 saturated heterocycles. The van der Waals surface area contributed by atoms with Crippen molar-refractivity contribution in [2.24, 2.45) is 4.99 Å². The second-order valence-corrected chi connectivity index (χ2v) is 2.03. The normalized spacial score (nSPS) is 13.6. The molecule has 0 aromatic carbocycles. The number of rotatable bonds is 2. The van der Waals surface area contributed by atoms with Crippen molar-refractivity contribution in [1.82, 2.24) is 0 Å². The van der Waals surface area contributed by atoms with E-state index < -0.39 is 0 Å². The second kappa shape index (κ2) is 5.43. The minimum absolute atomic E-state index is 0.616. The van der Waals surface area contributed by atoms with Gasteiger partial charge in [0.15, 0.2) is 0 Å². The lowest BCUT2D eigenvalue weighted by atomic mass is 10.1. The Kier molecular flexibility index (Phi) is 4.76. The van der Waals surface area contributed by atoms with E-state index in [-0.39, 0.29) is 0 Å². The standard InChI is InChI=1S/C9H12N2/c1-4-8(3)9(6-10)7-11-5-2/h4-5,7H,1-3H3/b8-4-,9-7-,11-5?. The number of nitrogens with zero attached hydrogens (tertiary/aromatic N) is 2. The van der Waals surface area contributed by atoms with Gasteiger partial charge in [0.05, 0.1) is 5.57 Å². The molecule has 0 aliphatic rings. The Hall–Kier alpha value is -1.36. The van der Waals surface area contributed by atoms with E-state index in [0.29, 0.717) is 5.57 Å². The summed E-state index contributed by atoms with van der Waals surface area (Å²) < 4.78 is 0. The Balaban J connectivity index is 4.57. The maximum Gasteiger partial charge on any atom is 0.101 e. The Morgan fingerprint density at radius 2 is 2.09 bits per heavy atom. The fourth-order valence-corrected chi connectivity index (χ4v) is 0.523. The van der Waals surface area contributed by atoms with Gasteiger partial charge in [0.25, 0.3) is 0 Å². The highest BCUT2D eigenvalue weighted by Crippen LogP contribution is 2.06. The van der Waals surface area contributed by atoms with Gasteiger partial charge in [-0.15, -0.1) is 0 Å². The molecule has 0 unspecified atom stereocenters. The molecule has 0 aromatic rings. The Bertz CT molecular complexity index is 239. The van der Waals surface area contributed by atoms with Crippen molar-refractivity contribution in [3.8, 4) is 6.07 Å². The van der Waals surface area contributed by atoms with Crippen LogP contribution in [0.25, 0.3) is 0 Å². The molecule has 0 aliphatic heterocycles. The molecule has 0 spiro atoms. The molecule has 11 heavy (non-hydrogen) atoms. The number of allylic oxidation sites excluding steroid dienone is 3. The van der Waals surface area contributed by atoms with E-state index in [0.717, 1.165) is 5.57 Å². The van der Waals surface area contributed by atoms with Crippen molar-refractivity contribution in [2.45, 2.75) is 20.8 Å². The van der Waals surface area contributed by atoms with Crippen LogP contribution in [0.2, 0.25) is 0 Å². The lowest BCUT2D eigenvalue weighted by Gasteiger charge is -1.92. The van der Waals surface area contributed by atoms with Gasteiger partial charge < -0.3 is 0 Å². The molecule has 0 N–H and O–H groups in total. The molecule has 0 aliphatic carbocycles. The van der Waals surface area contributed by atoms with E-state index in [4.69, 9.17) is 5.26 Å². The molecule has 0 fully saturated rings. The van der Waals surface area contributed by atoms with Crippen molar-refractivity contribution in [3.63, 3.8) is 0 Å². The van der Waals surface area contributed by atoms with Crippen LogP contribution in [0.5, 0.6) is 0 Å². The van der Waals surface area contributed by atoms with E-state index in [9.17, 15) is 0 Å². The van der Waals surface area contributed by atoms with Crippen LogP contribution in [0.1, 0.15) is 20.8 Å². The molecular formula is C9H12N2. The quantitative estimate of drug-likeness (QED) is 0.336. The van der Waals surface area contributed by atoms with Gasteiger partial charge in [-0.25, -0.2) is 0 Å². The zero-order valence-corrected chi connectivity index (χ0v) is 7.13. The summed E-state index contributed by atoms with van der Waals surface area (Å²) >= 11 is 0. The van der Waals surface area contributed by atoms with E-state index in [1.54, 1.807) is 12.4 Å². The highest BCUT2D eigenvalue weighted by Gasteiger charge is 1.93. The molecule has 0 aromatic heterocycles. The molecule has 0 rings (SSSR count). The molecule has 0 atom stereocenters. The topological polar surface area (TPSA) is 36.1 Å². The van der Waals surface area contributed by atoms with Gasteiger partial charge in [-0.05, 0) is 26.3 Å². The van der Waals surface area contributed by atoms with E-state index in [1.165, 1.54) is 0 Å². The van der Waals surface area contributed by atoms with Gasteiger partial charge >= 0.3 is 0 Å². The SMILES string of the molecule is CC=N/C=C(C#N)\C(C)=C/C. The Morgan fingerprint density at radius 1 is 1.45 bits per heavy atom. The van der Waals surface area contributed by atoms with Gasteiger partial charge in [-0.3, -0.25) is 4.99 Å². The van der Waals surface area contributed by atoms with E-state index in [1.807, 2.05) is 26.8 Å². The maximum absolute atomic E-state index is 8.62. The summed E-state index contributed by atoms with van der Waals surface area (Å²) in [6, 6.07) is 2.07. The summed E-state index contributed by atoms with van der Waals surface area (Å²) in [7, 11) is 0. The zero-order valence-electron chi connectivity index (χ0n) is 7.13.